The first-order valence-corrected chi connectivity index (χ1v) is 7.02. The molecule has 110 valence electrons. The molecule has 1 aromatic rings. The number of nitrogens with zero attached hydrogens (tertiary/aromatic N) is 1. The Hall–Kier alpha value is -1.59. The zero-order valence-electron chi connectivity index (χ0n) is 12.2. The van der Waals surface area contributed by atoms with Crippen LogP contribution in [0.1, 0.15) is 37.0 Å². The Balaban J connectivity index is 1.81. The summed E-state index contributed by atoms with van der Waals surface area (Å²) in [6.45, 7) is 7.29. The van der Waals surface area contributed by atoms with Gasteiger partial charge in [-0.25, -0.2) is 5.84 Å². The topological polar surface area (TPSA) is 67.6 Å². The van der Waals surface area contributed by atoms with Gasteiger partial charge < -0.3 is 4.74 Å². The molecule has 0 saturated carbocycles. The van der Waals surface area contributed by atoms with Gasteiger partial charge in [0.15, 0.2) is 0 Å². The van der Waals surface area contributed by atoms with Crippen LogP contribution < -0.4 is 16.0 Å². The van der Waals surface area contributed by atoms with Crippen molar-refractivity contribution in [2.45, 2.75) is 32.2 Å². The van der Waals surface area contributed by atoms with E-state index in [1.54, 1.807) is 24.3 Å². The quantitative estimate of drug-likeness (QED) is 0.487. The molecule has 0 spiro atoms. The van der Waals surface area contributed by atoms with Gasteiger partial charge in [-0.3, -0.25) is 15.1 Å². The lowest BCUT2D eigenvalue weighted by Crippen LogP contribution is -2.40. The average Bonchev–Trinajstić information content (AvgIpc) is 2.78. The Bertz CT molecular complexity index is 457. The zero-order valence-corrected chi connectivity index (χ0v) is 12.2. The Morgan fingerprint density at radius 2 is 2.10 bits per heavy atom. The Kier molecular flexibility index (Phi) is 4.62. The molecule has 0 aromatic heterocycles. The van der Waals surface area contributed by atoms with Crippen molar-refractivity contribution < 1.29 is 9.53 Å². The van der Waals surface area contributed by atoms with E-state index < -0.39 is 0 Å². The van der Waals surface area contributed by atoms with E-state index in [1.807, 2.05) is 0 Å². The highest BCUT2D eigenvalue weighted by molar-refractivity contribution is 5.93. The van der Waals surface area contributed by atoms with Gasteiger partial charge in [0.25, 0.3) is 5.91 Å². The van der Waals surface area contributed by atoms with E-state index >= 15 is 0 Å². The number of carbonyl (C=O) groups is 1. The number of rotatable bonds is 5. The molecule has 0 unspecified atom stereocenters. The van der Waals surface area contributed by atoms with Crippen molar-refractivity contribution in [3.8, 4) is 5.75 Å². The van der Waals surface area contributed by atoms with E-state index in [9.17, 15) is 4.79 Å². The van der Waals surface area contributed by atoms with Crippen LogP contribution in [0.25, 0.3) is 0 Å². The number of likely N-dealkylation sites (tertiary alicyclic amines) is 1. The third-order valence-corrected chi connectivity index (χ3v) is 3.95. The second-order valence-corrected chi connectivity index (χ2v) is 5.75. The Labute approximate surface area is 120 Å². The minimum atomic E-state index is -0.296. The van der Waals surface area contributed by atoms with Crippen LogP contribution in [0.3, 0.4) is 0 Å². The van der Waals surface area contributed by atoms with Crippen molar-refractivity contribution >= 4 is 5.91 Å². The maximum absolute atomic E-state index is 11.3. The highest BCUT2D eigenvalue weighted by atomic mass is 16.5. The van der Waals surface area contributed by atoms with Crippen LogP contribution in [0.15, 0.2) is 24.3 Å². The number of nitrogens with one attached hydrogen (secondary N) is 1. The lowest BCUT2D eigenvalue weighted by molar-refractivity contribution is 0.0953. The van der Waals surface area contributed by atoms with Crippen molar-refractivity contribution in [1.29, 1.82) is 0 Å². The highest BCUT2D eigenvalue weighted by Gasteiger charge is 2.31. The lowest BCUT2D eigenvalue weighted by Gasteiger charge is -2.31. The van der Waals surface area contributed by atoms with Crippen LogP contribution in [0.2, 0.25) is 0 Å². The summed E-state index contributed by atoms with van der Waals surface area (Å²) in [5.41, 5.74) is 2.92. The summed E-state index contributed by atoms with van der Waals surface area (Å²) < 4.78 is 5.73. The molecular formula is C15H23N3O2. The van der Waals surface area contributed by atoms with Gasteiger partial charge in [0.1, 0.15) is 12.4 Å². The molecule has 20 heavy (non-hydrogen) atoms. The van der Waals surface area contributed by atoms with Gasteiger partial charge in [-0.2, -0.15) is 0 Å². The van der Waals surface area contributed by atoms with Gasteiger partial charge in [0, 0.05) is 17.6 Å². The number of carbonyl (C=O) groups excluding carboxylic acids is 1. The van der Waals surface area contributed by atoms with Gasteiger partial charge in [-0.05, 0) is 57.5 Å². The summed E-state index contributed by atoms with van der Waals surface area (Å²) in [4.78, 5) is 13.8. The molecule has 1 aliphatic heterocycles. The summed E-state index contributed by atoms with van der Waals surface area (Å²) in [7, 11) is 0. The first kappa shape index (κ1) is 14.8. The molecule has 2 rings (SSSR count). The second-order valence-electron chi connectivity index (χ2n) is 5.75. The molecule has 5 nitrogen and oxygen atoms in total. The highest BCUT2D eigenvalue weighted by Crippen LogP contribution is 2.27. The number of ether oxygens (including phenoxy) is 1. The Morgan fingerprint density at radius 1 is 1.40 bits per heavy atom. The van der Waals surface area contributed by atoms with Crippen molar-refractivity contribution in [3.05, 3.63) is 29.8 Å². The summed E-state index contributed by atoms with van der Waals surface area (Å²) in [5.74, 6) is 5.56. The number of nitrogen functional groups attached to an aromatic ring is 1. The number of hydrogen-bond acceptors (Lipinski definition) is 4. The van der Waals surface area contributed by atoms with Crippen LogP contribution in [0.5, 0.6) is 5.75 Å². The molecule has 5 heteroatoms. The normalized spacial score (nSPS) is 17.9. The van der Waals surface area contributed by atoms with E-state index in [1.165, 1.54) is 12.8 Å². The van der Waals surface area contributed by atoms with E-state index in [4.69, 9.17) is 10.6 Å². The van der Waals surface area contributed by atoms with Crippen molar-refractivity contribution in [3.63, 3.8) is 0 Å². The second kappa shape index (κ2) is 6.24. The van der Waals surface area contributed by atoms with Crippen LogP contribution >= 0.6 is 0 Å². The fourth-order valence-electron chi connectivity index (χ4n) is 2.64. The molecule has 0 aliphatic carbocycles. The third-order valence-electron chi connectivity index (χ3n) is 3.95. The fourth-order valence-corrected chi connectivity index (χ4v) is 2.64. The third kappa shape index (κ3) is 3.49. The van der Waals surface area contributed by atoms with Crippen LogP contribution in [-0.4, -0.2) is 36.0 Å². The monoisotopic (exact) mass is 277 g/mol. The number of benzene rings is 1. The molecule has 1 fully saturated rings. The van der Waals surface area contributed by atoms with E-state index in [0.717, 1.165) is 18.8 Å². The fraction of sp³-hybridized carbons (Fsp3) is 0.533. The van der Waals surface area contributed by atoms with Gasteiger partial charge in [0.2, 0.25) is 0 Å². The van der Waals surface area contributed by atoms with Gasteiger partial charge in [-0.15, -0.1) is 0 Å². The predicted molar refractivity (Wildman–Crippen MR) is 78.5 cm³/mol. The van der Waals surface area contributed by atoms with Gasteiger partial charge >= 0.3 is 0 Å². The predicted octanol–water partition coefficient (Wildman–Crippen LogP) is 1.54. The summed E-state index contributed by atoms with van der Waals surface area (Å²) in [5, 5.41) is 0. The molecule has 1 aromatic carbocycles. The molecule has 1 saturated heterocycles. The van der Waals surface area contributed by atoms with Crippen LogP contribution in [0, 0.1) is 0 Å². The van der Waals surface area contributed by atoms with E-state index in [0.29, 0.717) is 12.2 Å². The van der Waals surface area contributed by atoms with E-state index in [2.05, 4.69) is 24.2 Å². The molecule has 0 atom stereocenters. The van der Waals surface area contributed by atoms with Crippen molar-refractivity contribution in [1.82, 2.24) is 10.3 Å². The van der Waals surface area contributed by atoms with Gasteiger partial charge in [-0.1, -0.05) is 0 Å². The molecular weight excluding hydrogens is 254 g/mol. The molecule has 0 radical (unpaired) electrons. The first-order chi connectivity index (χ1) is 9.53. The Morgan fingerprint density at radius 3 is 2.65 bits per heavy atom. The smallest absolute Gasteiger partial charge is 0.265 e. The SMILES string of the molecule is CC1(C)CCCN1CCOc1ccc(C(=O)NN)cc1. The van der Waals surface area contributed by atoms with E-state index in [-0.39, 0.29) is 11.4 Å². The standard InChI is InChI=1S/C15H23N3O2/c1-15(2)8-3-9-18(15)10-11-20-13-6-4-12(5-7-13)14(19)17-16/h4-7H,3,8-11,16H2,1-2H3,(H,17,19). The minimum Gasteiger partial charge on any atom is -0.492 e. The maximum atomic E-state index is 11.3. The van der Waals surface area contributed by atoms with Crippen molar-refractivity contribution in [2.24, 2.45) is 5.84 Å². The number of hydrogen-bond donors (Lipinski definition) is 2. The largest absolute Gasteiger partial charge is 0.492 e. The summed E-state index contributed by atoms with van der Waals surface area (Å²) in [6, 6.07) is 6.99. The number of nitrogens with two attached hydrogens (primary N) is 1. The molecule has 1 aliphatic rings. The molecule has 3 N–H and O–H groups in total. The summed E-state index contributed by atoms with van der Waals surface area (Å²) in [6.07, 6.45) is 2.51. The number of hydrazine groups is 1. The molecule has 0 bridgehead atoms. The van der Waals surface area contributed by atoms with Gasteiger partial charge in [0.05, 0.1) is 0 Å². The average molecular weight is 277 g/mol. The maximum Gasteiger partial charge on any atom is 0.265 e. The molecule has 1 amide bonds. The zero-order chi connectivity index (χ0) is 14.6. The first-order valence-electron chi connectivity index (χ1n) is 7.02. The van der Waals surface area contributed by atoms with Crippen LogP contribution in [-0.2, 0) is 0 Å². The minimum absolute atomic E-state index is 0.284. The number of amides is 1. The molecule has 1 heterocycles. The lowest BCUT2D eigenvalue weighted by atomic mass is 10.0. The van der Waals surface area contributed by atoms with Crippen molar-refractivity contribution in [2.75, 3.05) is 19.7 Å². The van der Waals surface area contributed by atoms with Crippen LogP contribution in [0.4, 0.5) is 0 Å². The summed E-state index contributed by atoms with van der Waals surface area (Å²) >= 11 is 0.